The van der Waals surface area contributed by atoms with E-state index in [1.165, 1.54) is 18.2 Å². The van der Waals surface area contributed by atoms with E-state index in [4.69, 9.17) is 0 Å². The molecule has 2 aromatic rings. The summed E-state index contributed by atoms with van der Waals surface area (Å²) in [6.45, 7) is 0. The van der Waals surface area contributed by atoms with Crippen LogP contribution in [-0.4, -0.2) is 10.0 Å². The van der Waals surface area contributed by atoms with E-state index >= 15 is 0 Å². The summed E-state index contributed by atoms with van der Waals surface area (Å²) in [5.74, 6) is 0.00745. The van der Waals surface area contributed by atoms with Crippen molar-refractivity contribution in [3.8, 4) is 16.9 Å². The zero-order valence-corrected chi connectivity index (χ0v) is 9.50. The van der Waals surface area contributed by atoms with Crippen LogP contribution < -0.4 is 0 Å². The Morgan fingerprint density at radius 3 is 2.59 bits per heavy atom. The van der Waals surface area contributed by atoms with Crippen molar-refractivity contribution in [2.75, 3.05) is 0 Å². The van der Waals surface area contributed by atoms with E-state index in [2.05, 4.69) is 6.07 Å². The molecule has 0 atom stereocenters. The topological polar surface area (TPSA) is 63.4 Å². The Morgan fingerprint density at radius 1 is 1.24 bits per heavy atom. The fourth-order valence-corrected chi connectivity index (χ4v) is 1.41. The monoisotopic (exact) mass is 277 g/mol. The zero-order valence-electron chi connectivity index (χ0n) is 8.55. The van der Waals surface area contributed by atoms with Gasteiger partial charge in [-0.25, -0.2) is 0 Å². The molecule has 17 heavy (non-hydrogen) atoms. The van der Waals surface area contributed by atoms with Gasteiger partial charge in [0.25, 0.3) is 5.69 Å². The van der Waals surface area contributed by atoms with Crippen molar-refractivity contribution >= 4 is 5.69 Å². The summed E-state index contributed by atoms with van der Waals surface area (Å²) in [4.78, 5) is 10.1. The molecule has 90 valence electrons. The molecule has 0 amide bonds. The number of nitro benzene ring substituents is 1. The van der Waals surface area contributed by atoms with Gasteiger partial charge in [-0.15, -0.1) is 35.9 Å². The van der Waals surface area contributed by atoms with Crippen LogP contribution in [0.3, 0.4) is 0 Å². The molecule has 0 aliphatic heterocycles. The van der Waals surface area contributed by atoms with Crippen molar-refractivity contribution in [2.45, 2.75) is 0 Å². The van der Waals surface area contributed by atoms with Crippen LogP contribution in [0.5, 0.6) is 5.75 Å². The van der Waals surface area contributed by atoms with Gasteiger partial charge in [0.15, 0.2) is 0 Å². The zero-order chi connectivity index (χ0) is 11.5. The first-order valence-electron chi connectivity index (χ1n) is 4.63. The van der Waals surface area contributed by atoms with E-state index in [1.54, 1.807) is 24.3 Å². The molecule has 0 aliphatic carbocycles. The first kappa shape index (κ1) is 13.2. The average molecular weight is 278 g/mol. The SMILES string of the molecule is O=[N+]([O-])c1ccc(O)c(-c2[c-]cccc2)c1.[Cu+]. The van der Waals surface area contributed by atoms with Gasteiger partial charge in [0.1, 0.15) is 0 Å². The molecule has 5 heteroatoms. The van der Waals surface area contributed by atoms with Crippen molar-refractivity contribution in [2.24, 2.45) is 0 Å². The Morgan fingerprint density at radius 2 is 2.00 bits per heavy atom. The molecule has 0 bridgehead atoms. The second-order valence-corrected chi connectivity index (χ2v) is 3.23. The van der Waals surface area contributed by atoms with Crippen molar-refractivity contribution in [1.82, 2.24) is 0 Å². The standard InChI is InChI=1S/C12H8NO3.Cu/c14-12-7-6-10(13(15)16)8-11(12)9-4-2-1-3-5-9;/h1-4,6-8,14H;/q-1;+1. The molecule has 4 nitrogen and oxygen atoms in total. The number of phenols is 1. The van der Waals surface area contributed by atoms with E-state index in [-0.39, 0.29) is 28.5 Å². The number of nitro groups is 1. The van der Waals surface area contributed by atoms with Gasteiger partial charge < -0.3 is 5.11 Å². The van der Waals surface area contributed by atoms with Gasteiger partial charge in [0.05, 0.1) is 10.7 Å². The number of hydrogen-bond acceptors (Lipinski definition) is 3. The van der Waals surface area contributed by atoms with Gasteiger partial charge in [-0.3, -0.25) is 10.1 Å². The number of rotatable bonds is 2. The smallest absolute Gasteiger partial charge is 0.517 e. The number of aromatic hydroxyl groups is 1. The summed E-state index contributed by atoms with van der Waals surface area (Å²) in [5, 5.41) is 20.2. The van der Waals surface area contributed by atoms with Crippen molar-refractivity contribution in [1.29, 1.82) is 0 Å². The molecule has 2 rings (SSSR count). The quantitative estimate of drug-likeness (QED) is 0.397. The molecule has 2 aromatic carbocycles. The number of non-ortho nitro benzene ring substituents is 1. The second-order valence-electron chi connectivity index (χ2n) is 3.23. The van der Waals surface area contributed by atoms with Crippen LogP contribution in [0.2, 0.25) is 0 Å². The summed E-state index contributed by atoms with van der Waals surface area (Å²) in [6, 6.07) is 13.8. The van der Waals surface area contributed by atoms with Crippen LogP contribution in [0.4, 0.5) is 5.69 Å². The van der Waals surface area contributed by atoms with E-state index < -0.39 is 4.92 Å². The Labute approximate surface area is 109 Å². The molecule has 0 fully saturated rings. The first-order valence-corrected chi connectivity index (χ1v) is 4.63. The maximum absolute atomic E-state index is 10.6. The predicted molar refractivity (Wildman–Crippen MR) is 59.0 cm³/mol. The van der Waals surface area contributed by atoms with Crippen molar-refractivity contribution in [3.63, 3.8) is 0 Å². The fraction of sp³-hybridized carbons (Fsp3) is 0. The third-order valence-electron chi connectivity index (χ3n) is 2.19. The molecule has 1 N–H and O–H groups in total. The first-order chi connectivity index (χ1) is 7.68. The Balaban J connectivity index is 0.00000144. The summed E-state index contributed by atoms with van der Waals surface area (Å²) in [6.07, 6.45) is 0. The van der Waals surface area contributed by atoms with E-state index in [1.807, 2.05) is 0 Å². The summed E-state index contributed by atoms with van der Waals surface area (Å²) in [5.41, 5.74) is 0.989. The van der Waals surface area contributed by atoms with Gasteiger partial charge in [-0.1, -0.05) is 5.56 Å². The molecule has 0 unspecified atom stereocenters. The maximum Gasteiger partial charge on any atom is 1.00 e. The minimum absolute atomic E-state index is 0. The number of phenolic OH excluding ortho intramolecular Hbond substituents is 1. The van der Waals surface area contributed by atoms with Gasteiger partial charge in [0.2, 0.25) is 0 Å². The maximum atomic E-state index is 10.6. The van der Waals surface area contributed by atoms with Crippen LogP contribution in [0.15, 0.2) is 42.5 Å². The van der Waals surface area contributed by atoms with Gasteiger partial charge >= 0.3 is 17.1 Å². The van der Waals surface area contributed by atoms with Crippen LogP contribution in [-0.2, 0) is 17.1 Å². The molecule has 0 aliphatic rings. The predicted octanol–water partition coefficient (Wildman–Crippen LogP) is 2.77. The molecule has 0 radical (unpaired) electrons. The Bertz CT molecular complexity index is 529. The molecule has 0 saturated carbocycles. The van der Waals surface area contributed by atoms with Gasteiger partial charge in [-0.05, 0) is 12.1 Å². The van der Waals surface area contributed by atoms with Gasteiger partial charge in [0, 0.05) is 6.07 Å². The third-order valence-corrected chi connectivity index (χ3v) is 2.19. The van der Waals surface area contributed by atoms with E-state index in [0.29, 0.717) is 11.1 Å². The normalized spacial score (nSPS) is 9.41. The number of nitrogens with zero attached hydrogens (tertiary/aromatic N) is 1. The van der Waals surface area contributed by atoms with Crippen molar-refractivity contribution in [3.05, 3.63) is 58.6 Å². The van der Waals surface area contributed by atoms with Crippen LogP contribution in [0.25, 0.3) is 11.1 Å². The van der Waals surface area contributed by atoms with E-state index in [9.17, 15) is 15.2 Å². The second kappa shape index (κ2) is 5.48. The molecule has 0 heterocycles. The van der Waals surface area contributed by atoms with Crippen LogP contribution in [0.1, 0.15) is 0 Å². The van der Waals surface area contributed by atoms with Crippen LogP contribution in [0, 0.1) is 16.2 Å². The van der Waals surface area contributed by atoms with Gasteiger partial charge in [-0.2, -0.15) is 0 Å². The third kappa shape index (κ3) is 2.84. The van der Waals surface area contributed by atoms with E-state index in [0.717, 1.165) is 0 Å². The minimum Gasteiger partial charge on any atom is -0.517 e. The largest absolute Gasteiger partial charge is 1.00 e. The molecule has 0 aromatic heterocycles. The summed E-state index contributed by atoms with van der Waals surface area (Å²) < 4.78 is 0. The molecule has 0 spiro atoms. The molecular formula is C12H8CuNO3. The minimum atomic E-state index is -0.494. The fourth-order valence-electron chi connectivity index (χ4n) is 1.41. The average Bonchev–Trinajstić information content (AvgIpc) is 2.30. The van der Waals surface area contributed by atoms with Crippen LogP contribution >= 0.6 is 0 Å². The Hall–Kier alpha value is -1.84. The molecule has 0 saturated heterocycles. The number of hydrogen-bond donors (Lipinski definition) is 1. The summed E-state index contributed by atoms with van der Waals surface area (Å²) >= 11 is 0. The summed E-state index contributed by atoms with van der Waals surface area (Å²) in [7, 11) is 0. The Kier molecular flexibility index (Phi) is 4.26. The van der Waals surface area contributed by atoms with Crippen molar-refractivity contribution < 1.29 is 27.1 Å². The number of benzene rings is 2. The molecular weight excluding hydrogens is 270 g/mol.